The Morgan fingerprint density at radius 2 is 1.58 bits per heavy atom. The number of hydrogen-bond acceptors (Lipinski definition) is 8. The lowest BCUT2D eigenvalue weighted by Gasteiger charge is -2.25. The molecule has 14 heteroatoms. The summed E-state index contributed by atoms with van der Waals surface area (Å²) >= 11 is 1.41. The average molecular weight is 552 g/mol. The summed E-state index contributed by atoms with van der Waals surface area (Å²) < 4.78 is 0. The standard InChI is InChI=1S/C24H33N5O8S/c1-12(30)20(25)23(35)29-18(10-19(31)32)22(34)28-17(21(33)27-16(24(36)37)7-8-38-2)9-13-11-26-15-6-4-3-5-14(13)15/h3-6,11-12,16-18,20,26,30H,7-10,25H2,1-2H3,(H,27,33)(H,28,34)(H,29,35)(H,31,32)(H,36,37). The topological polar surface area (TPSA) is 224 Å². The Morgan fingerprint density at radius 1 is 0.974 bits per heavy atom. The Balaban J connectivity index is 2.33. The van der Waals surface area contributed by atoms with Crippen molar-refractivity contribution in [3.05, 3.63) is 36.0 Å². The molecule has 0 fully saturated rings. The number of hydrogen-bond donors (Lipinski definition) is 8. The monoisotopic (exact) mass is 551 g/mol. The Kier molecular flexibility index (Phi) is 11.6. The molecule has 5 unspecified atom stereocenters. The SMILES string of the molecule is CSCCC(NC(=O)C(Cc1c[nH]c2ccccc12)NC(=O)C(CC(=O)O)NC(=O)C(N)C(C)O)C(=O)O. The molecule has 0 aliphatic carbocycles. The van der Waals surface area contributed by atoms with Crippen molar-refractivity contribution < 1.29 is 39.3 Å². The van der Waals surface area contributed by atoms with Crippen molar-refractivity contribution in [1.82, 2.24) is 20.9 Å². The number of nitrogens with one attached hydrogen (secondary N) is 4. The maximum Gasteiger partial charge on any atom is 0.326 e. The largest absolute Gasteiger partial charge is 0.481 e. The fraction of sp³-hybridized carbons (Fsp3) is 0.458. The number of amides is 3. The minimum absolute atomic E-state index is 0.0582. The van der Waals surface area contributed by atoms with Crippen molar-refractivity contribution in [2.24, 2.45) is 5.73 Å². The lowest BCUT2D eigenvalue weighted by molar-refractivity contribution is -0.143. The third-order valence-electron chi connectivity index (χ3n) is 5.79. The van der Waals surface area contributed by atoms with Gasteiger partial charge in [-0.1, -0.05) is 18.2 Å². The zero-order valence-electron chi connectivity index (χ0n) is 21.0. The van der Waals surface area contributed by atoms with Crippen LogP contribution >= 0.6 is 11.8 Å². The van der Waals surface area contributed by atoms with E-state index in [4.69, 9.17) is 5.73 Å². The summed E-state index contributed by atoms with van der Waals surface area (Å²) in [5, 5.41) is 36.2. The quantitative estimate of drug-likeness (QED) is 0.137. The molecule has 1 aromatic heterocycles. The van der Waals surface area contributed by atoms with Gasteiger partial charge in [0.05, 0.1) is 12.5 Å². The van der Waals surface area contributed by atoms with Gasteiger partial charge in [0.2, 0.25) is 17.7 Å². The maximum atomic E-state index is 13.2. The number of rotatable bonds is 15. The smallest absolute Gasteiger partial charge is 0.326 e. The molecule has 2 aromatic rings. The van der Waals surface area contributed by atoms with E-state index in [2.05, 4.69) is 20.9 Å². The number of benzene rings is 1. The van der Waals surface area contributed by atoms with Gasteiger partial charge < -0.3 is 42.0 Å². The molecule has 5 atom stereocenters. The number of aliphatic hydroxyl groups excluding tert-OH is 1. The number of H-pyrrole nitrogens is 1. The Hall–Kier alpha value is -3.62. The van der Waals surface area contributed by atoms with Gasteiger partial charge in [-0.2, -0.15) is 11.8 Å². The number of carboxylic acid groups (broad SMARTS) is 2. The molecule has 208 valence electrons. The number of carbonyl (C=O) groups is 5. The van der Waals surface area contributed by atoms with Crippen molar-refractivity contribution in [3.63, 3.8) is 0 Å². The Labute approximate surface area is 222 Å². The molecule has 0 radical (unpaired) electrons. The van der Waals surface area contributed by atoms with Crippen LogP contribution < -0.4 is 21.7 Å². The van der Waals surface area contributed by atoms with E-state index in [1.165, 1.54) is 18.7 Å². The van der Waals surface area contributed by atoms with Crippen LogP contribution in [0.15, 0.2) is 30.5 Å². The van der Waals surface area contributed by atoms with Crippen molar-refractivity contribution in [1.29, 1.82) is 0 Å². The molecular weight excluding hydrogens is 518 g/mol. The normalized spacial score (nSPS) is 15.1. The number of nitrogens with two attached hydrogens (primary N) is 1. The van der Waals surface area contributed by atoms with Gasteiger partial charge in [-0.25, -0.2) is 4.79 Å². The molecule has 1 heterocycles. The number of fused-ring (bicyclic) bond motifs is 1. The van der Waals surface area contributed by atoms with Crippen LogP contribution in [0.4, 0.5) is 0 Å². The molecular formula is C24H33N5O8S. The molecule has 9 N–H and O–H groups in total. The van der Waals surface area contributed by atoms with Crippen LogP contribution in [0.25, 0.3) is 10.9 Å². The van der Waals surface area contributed by atoms with Crippen molar-refractivity contribution in [2.75, 3.05) is 12.0 Å². The maximum absolute atomic E-state index is 13.2. The van der Waals surface area contributed by atoms with E-state index in [0.29, 0.717) is 11.3 Å². The highest BCUT2D eigenvalue weighted by molar-refractivity contribution is 7.98. The van der Waals surface area contributed by atoms with Gasteiger partial charge in [0.15, 0.2) is 0 Å². The molecule has 0 spiro atoms. The number of carboxylic acids is 2. The number of aromatic amines is 1. The first-order chi connectivity index (χ1) is 17.9. The van der Waals surface area contributed by atoms with Crippen LogP contribution in [0.2, 0.25) is 0 Å². The predicted octanol–water partition coefficient (Wildman–Crippen LogP) is -0.815. The molecule has 0 aliphatic heterocycles. The zero-order valence-corrected chi connectivity index (χ0v) is 21.8. The summed E-state index contributed by atoms with van der Waals surface area (Å²) in [4.78, 5) is 64.8. The summed E-state index contributed by atoms with van der Waals surface area (Å²) in [6.45, 7) is 1.26. The molecule has 0 saturated carbocycles. The molecule has 0 saturated heterocycles. The first kappa shape index (κ1) is 30.6. The van der Waals surface area contributed by atoms with Crippen LogP contribution in [0.3, 0.4) is 0 Å². The van der Waals surface area contributed by atoms with Crippen LogP contribution in [0, 0.1) is 0 Å². The summed E-state index contributed by atoms with van der Waals surface area (Å²) in [6, 6.07) is 1.68. The highest BCUT2D eigenvalue weighted by Gasteiger charge is 2.32. The number of thioether (sulfide) groups is 1. The second kappa shape index (κ2) is 14.4. The number of aliphatic hydroxyl groups is 1. The second-order valence-electron chi connectivity index (χ2n) is 8.73. The highest BCUT2D eigenvalue weighted by atomic mass is 32.2. The fourth-order valence-corrected chi connectivity index (χ4v) is 4.11. The van der Waals surface area contributed by atoms with Crippen molar-refractivity contribution >= 4 is 52.3 Å². The van der Waals surface area contributed by atoms with Gasteiger partial charge in [-0.3, -0.25) is 19.2 Å². The van der Waals surface area contributed by atoms with Gasteiger partial charge in [0, 0.05) is 23.5 Å². The second-order valence-corrected chi connectivity index (χ2v) is 9.72. The number of aromatic nitrogens is 1. The average Bonchev–Trinajstić information content (AvgIpc) is 3.27. The number of aliphatic carboxylic acids is 2. The van der Waals surface area contributed by atoms with Crippen LogP contribution in [-0.4, -0.2) is 92.2 Å². The Morgan fingerprint density at radius 3 is 2.18 bits per heavy atom. The first-order valence-corrected chi connectivity index (χ1v) is 13.2. The first-order valence-electron chi connectivity index (χ1n) is 11.8. The van der Waals surface area contributed by atoms with Gasteiger partial charge in [-0.05, 0) is 37.0 Å². The third kappa shape index (κ3) is 8.75. The molecule has 38 heavy (non-hydrogen) atoms. The Bertz CT molecular complexity index is 1150. The molecule has 13 nitrogen and oxygen atoms in total. The van der Waals surface area contributed by atoms with Crippen LogP contribution in [0.5, 0.6) is 0 Å². The van der Waals surface area contributed by atoms with Crippen LogP contribution in [0.1, 0.15) is 25.3 Å². The number of carbonyl (C=O) groups excluding carboxylic acids is 3. The van der Waals surface area contributed by atoms with Crippen LogP contribution in [-0.2, 0) is 30.4 Å². The van der Waals surface area contributed by atoms with E-state index in [1.54, 1.807) is 24.6 Å². The molecule has 0 aliphatic rings. The predicted molar refractivity (Wildman–Crippen MR) is 140 cm³/mol. The lowest BCUT2D eigenvalue weighted by Crippen LogP contribution is -2.59. The van der Waals surface area contributed by atoms with E-state index < -0.39 is 66.4 Å². The van der Waals surface area contributed by atoms with E-state index in [9.17, 15) is 39.3 Å². The van der Waals surface area contributed by atoms with Crippen molar-refractivity contribution in [2.45, 2.75) is 56.5 Å². The summed E-state index contributed by atoms with van der Waals surface area (Å²) in [5.74, 6) is -4.92. The minimum atomic E-state index is -1.62. The summed E-state index contributed by atoms with van der Waals surface area (Å²) in [7, 11) is 0. The highest BCUT2D eigenvalue weighted by Crippen LogP contribution is 2.19. The van der Waals surface area contributed by atoms with E-state index in [-0.39, 0.29) is 12.8 Å². The van der Waals surface area contributed by atoms with Gasteiger partial charge in [0.25, 0.3) is 0 Å². The molecule has 2 rings (SSSR count). The summed E-state index contributed by atoms with van der Waals surface area (Å²) in [6.07, 6.45) is 1.44. The van der Waals surface area contributed by atoms with E-state index in [0.717, 1.165) is 10.9 Å². The van der Waals surface area contributed by atoms with Crippen molar-refractivity contribution in [3.8, 4) is 0 Å². The molecule has 1 aromatic carbocycles. The van der Waals surface area contributed by atoms with Gasteiger partial charge in [-0.15, -0.1) is 0 Å². The molecule has 0 bridgehead atoms. The zero-order chi connectivity index (χ0) is 28.4. The van der Waals surface area contributed by atoms with Gasteiger partial charge >= 0.3 is 11.9 Å². The fourth-order valence-electron chi connectivity index (χ4n) is 3.64. The molecule has 3 amide bonds. The number of para-hydroxylation sites is 1. The lowest BCUT2D eigenvalue weighted by atomic mass is 10.0. The third-order valence-corrected chi connectivity index (χ3v) is 6.44. The summed E-state index contributed by atoms with van der Waals surface area (Å²) in [5.41, 5.74) is 7.01. The van der Waals surface area contributed by atoms with E-state index >= 15 is 0 Å². The van der Waals surface area contributed by atoms with E-state index in [1.807, 2.05) is 12.1 Å². The van der Waals surface area contributed by atoms with Gasteiger partial charge in [0.1, 0.15) is 24.2 Å². The minimum Gasteiger partial charge on any atom is -0.481 e.